The summed E-state index contributed by atoms with van der Waals surface area (Å²) in [6.45, 7) is 4.04. The van der Waals surface area contributed by atoms with Crippen LogP contribution >= 0.6 is 0 Å². The van der Waals surface area contributed by atoms with Crippen LogP contribution in [0, 0.1) is 0 Å². The molecular weight excluding hydrogens is 192 g/mol. The fourth-order valence-electron chi connectivity index (χ4n) is 1.78. The third kappa shape index (κ3) is 2.04. The molecule has 2 aliphatic heterocycles. The minimum atomic E-state index is 0.128. The second kappa shape index (κ2) is 4.06. The predicted molar refractivity (Wildman–Crippen MR) is 57.2 cm³/mol. The van der Waals surface area contributed by atoms with Gasteiger partial charge in [0.1, 0.15) is 0 Å². The van der Waals surface area contributed by atoms with Gasteiger partial charge >= 0.3 is 0 Å². The van der Waals surface area contributed by atoms with E-state index in [4.69, 9.17) is 4.74 Å². The lowest BCUT2D eigenvalue weighted by Gasteiger charge is -2.38. The topological polar surface area (TPSA) is 41.6 Å². The maximum Gasteiger partial charge on any atom is 0.251 e. The van der Waals surface area contributed by atoms with E-state index in [2.05, 4.69) is 5.32 Å². The fraction of sp³-hybridized carbons (Fsp3) is 0.545. The number of carbonyl (C=O) groups is 1. The smallest absolute Gasteiger partial charge is 0.251 e. The Bertz CT molecular complexity index is 327. The minimum Gasteiger partial charge on any atom is -0.386 e. The number of ether oxygens (including phenoxy) is 1. The van der Waals surface area contributed by atoms with Crippen molar-refractivity contribution in [3.05, 3.63) is 23.4 Å². The monoisotopic (exact) mass is 208 g/mol. The molecule has 0 aromatic rings. The number of likely N-dealkylation sites (tertiary alicyclic amines) is 1. The maximum absolute atomic E-state index is 11.9. The summed E-state index contributed by atoms with van der Waals surface area (Å²) in [6.07, 6.45) is 4.09. The standard InChI is InChI=1S/C11H16N2O2/c1-8-3-9(5-12-4-8)11(14)13-6-10(7-13)15-2/h3-4,10,12H,5-7H2,1-2H3. The molecule has 15 heavy (non-hydrogen) atoms. The van der Waals surface area contributed by atoms with Crippen LogP contribution in [0.25, 0.3) is 0 Å². The summed E-state index contributed by atoms with van der Waals surface area (Å²) >= 11 is 0. The molecular formula is C11H16N2O2. The number of methoxy groups -OCH3 is 1. The van der Waals surface area contributed by atoms with Gasteiger partial charge in [0.25, 0.3) is 5.91 Å². The van der Waals surface area contributed by atoms with E-state index in [9.17, 15) is 4.79 Å². The molecule has 0 radical (unpaired) electrons. The van der Waals surface area contributed by atoms with Gasteiger partial charge in [0.15, 0.2) is 0 Å². The molecule has 0 aliphatic carbocycles. The Kier molecular flexibility index (Phi) is 2.77. The van der Waals surface area contributed by atoms with Crippen LogP contribution in [0.15, 0.2) is 23.4 Å². The van der Waals surface area contributed by atoms with E-state index in [1.165, 1.54) is 0 Å². The van der Waals surface area contributed by atoms with Crippen LogP contribution < -0.4 is 5.32 Å². The van der Waals surface area contributed by atoms with Gasteiger partial charge in [-0.05, 0) is 24.8 Å². The number of dihydropyridines is 1. The lowest BCUT2D eigenvalue weighted by molar-refractivity contribution is -0.138. The Morgan fingerprint density at radius 1 is 1.60 bits per heavy atom. The van der Waals surface area contributed by atoms with Crippen LogP contribution in [0.1, 0.15) is 6.92 Å². The van der Waals surface area contributed by atoms with Gasteiger partial charge < -0.3 is 15.0 Å². The highest BCUT2D eigenvalue weighted by atomic mass is 16.5. The molecule has 2 aliphatic rings. The zero-order chi connectivity index (χ0) is 10.8. The van der Waals surface area contributed by atoms with Gasteiger partial charge in [-0.1, -0.05) is 0 Å². The first kappa shape index (κ1) is 10.2. The van der Waals surface area contributed by atoms with Crippen LogP contribution in [-0.4, -0.2) is 43.7 Å². The molecule has 0 unspecified atom stereocenters. The fourth-order valence-corrected chi connectivity index (χ4v) is 1.78. The number of rotatable bonds is 2. The zero-order valence-corrected chi connectivity index (χ0v) is 9.12. The molecule has 0 saturated carbocycles. The van der Waals surface area contributed by atoms with Gasteiger partial charge in [-0.2, -0.15) is 0 Å². The molecule has 0 aromatic heterocycles. The number of nitrogens with one attached hydrogen (secondary N) is 1. The second-order valence-corrected chi connectivity index (χ2v) is 4.01. The number of amides is 1. The van der Waals surface area contributed by atoms with Crippen molar-refractivity contribution in [3.63, 3.8) is 0 Å². The SMILES string of the molecule is COC1CN(C(=O)C2=CC(C)=CNC2)C1. The maximum atomic E-state index is 11.9. The van der Waals surface area contributed by atoms with Crippen molar-refractivity contribution in [2.45, 2.75) is 13.0 Å². The highest BCUT2D eigenvalue weighted by Crippen LogP contribution is 2.16. The average molecular weight is 208 g/mol. The molecule has 1 N–H and O–H groups in total. The summed E-state index contributed by atoms with van der Waals surface area (Å²) in [6, 6.07) is 0. The Morgan fingerprint density at radius 3 is 2.93 bits per heavy atom. The first-order chi connectivity index (χ1) is 7.20. The van der Waals surface area contributed by atoms with Crippen molar-refractivity contribution >= 4 is 5.91 Å². The van der Waals surface area contributed by atoms with Gasteiger partial charge in [-0.15, -0.1) is 0 Å². The summed E-state index contributed by atoms with van der Waals surface area (Å²) in [4.78, 5) is 13.7. The molecule has 4 heteroatoms. The molecule has 0 atom stereocenters. The number of hydrogen-bond donors (Lipinski definition) is 1. The van der Waals surface area contributed by atoms with Crippen molar-refractivity contribution < 1.29 is 9.53 Å². The van der Waals surface area contributed by atoms with Crippen molar-refractivity contribution in [2.75, 3.05) is 26.7 Å². The van der Waals surface area contributed by atoms with E-state index in [0.717, 1.165) is 24.2 Å². The third-order valence-corrected chi connectivity index (χ3v) is 2.77. The van der Waals surface area contributed by atoms with E-state index in [1.807, 2.05) is 24.1 Å². The van der Waals surface area contributed by atoms with Gasteiger partial charge in [-0.25, -0.2) is 0 Å². The first-order valence-electron chi connectivity index (χ1n) is 5.13. The van der Waals surface area contributed by atoms with E-state index >= 15 is 0 Å². The van der Waals surface area contributed by atoms with Crippen LogP contribution in [0.4, 0.5) is 0 Å². The van der Waals surface area contributed by atoms with Crippen LogP contribution in [0.5, 0.6) is 0 Å². The average Bonchev–Trinajstić information content (AvgIpc) is 2.16. The number of nitrogens with zero attached hydrogens (tertiary/aromatic N) is 1. The first-order valence-corrected chi connectivity index (χ1v) is 5.13. The summed E-state index contributed by atoms with van der Waals surface area (Å²) in [5.74, 6) is 0.128. The summed E-state index contributed by atoms with van der Waals surface area (Å²) in [7, 11) is 1.68. The van der Waals surface area contributed by atoms with Crippen molar-refractivity contribution in [1.29, 1.82) is 0 Å². The summed E-state index contributed by atoms with van der Waals surface area (Å²) < 4.78 is 5.13. The molecule has 0 spiro atoms. The summed E-state index contributed by atoms with van der Waals surface area (Å²) in [5.41, 5.74) is 1.93. The van der Waals surface area contributed by atoms with Crippen molar-refractivity contribution in [3.8, 4) is 0 Å². The highest BCUT2D eigenvalue weighted by molar-refractivity contribution is 5.95. The second-order valence-electron chi connectivity index (χ2n) is 4.01. The van der Waals surface area contributed by atoms with Crippen LogP contribution in [-0.2, 0) is 9.53 Å². The lowest BCUT2D eigenvalue weighted by Crippen LogP contribution is -2.55. The van der Waals surface area contributed by atoms with E-state index < -0.39 is 0 Å². The Hall–Kier alpha value is -1.29. The number of hydrogen-bond acceptors (Lipinski definition) is 3. The Morgan fingerprint density at radius 2 is 2.33 bits per heavy atom. The molecule has 2 rings (SSSR count). The third-order valence-electron chi connectivity index (χ3n) is 2.77. The Labute approximate surface area is 89.6 Å². The normalized spacial score (nSPS) is 21.3. The lowest BCUT2D eigenvalue weighted by atomic mass is 10.1. The molecule has 82 valence electrons. The highest BCUT2D eigenvalue weighted by Gasteiger charge is 2.32. The van der Waals surface area contributed by atoms with Gasteiger partial charge in [0, 0.05) is 32.3 Å². The predicted octanol–water partition coefficient (Wildman–Crippen LogP) is 0.277. The molecule has 2 heterocycles. The molecule has 1 saturated heterocycles. The van der Waals surface area contributed by atoms with Crippen LogP contribution in [0.2, 0.25) is 0 Å². The molecule has 4 nitrogen and oxygen atoms in total. The van der Waals surface area contributed by atoms with Crippen molar-refractivity contribution in [2.24, 2.45) is 0 Å². The number of allylic oxidation sites excluding steroid dienone is 2. The molecule has 0 bridgehead atoms. The molecule has 1 amide bonds. The molecule has 1 fully saturated rings. The van der Waals surface area contributed by atoms with E-state index in [1.54, 1.807) is 7.11 Å². The Balaban J connectivity index is 1.95. The minimum absolute atomic E-state index is 0.128. The van der Waals surface area contributed by atoms with Gasteiger partial charge in [-0.3, -0.25) is 4.79 Å². The largest absolute Gasteiger partial charge is 0.386 e. The molecule has 0 aromatic carbocycles. The van der Waals surface area contributed by atoms with Crippen molar-refractivity contribution in [1.82, 2.24) is 10.2 Å². The number of carbonyl (C=O) groups excluding carboxylic acids is 1. The van der Waals surface area contributed by atoms with E-state index in [0.29, 0.717) is 6.54 Å². The van der Waals surface area contributed by atoms with E-state index in [-0.39, 0.29) is 12.0 Å². The summed E-state index contributed by atoms with van der Waals surface area (Å²) in [5, 5.41) is 3.08. The zero-order valence-electron chi connectivity index (χ0n) is 9.12. The van der Waals surface area contributed by atoms with Crippen LogP contribution in [0.3, 0.4) is 0 Å². The quantitative estimate of drug-likeness (QED) is 0.708. The van der Waals surface area contributed by atoms with Gasteiger partial charge in [0.2, 0.25) is 0 Å². The van der Waals surface area contributed by atoms with Gasteiger partial charge in [0.05, 0.1) is 6.10 Å².